The summed E-state index contributed by atoms with van der Waals surface area (Å²) >= 11 is 0. The second-order valence-corrected chi connectivity index (χ2v) is 5.00. The first-order chi connectivity index (χ1) is 9.70. The molecule has 0 bridgehead atoms. The topological polar surface area (TPSA) is 20.2 Å². The van der Waals surface area contributed by atoms with Crippen LogP contribution in [0.1, 0.15) is 33.9 Å². The van der Waals surface area contributed by atoms with Crippen LogP contribution in [0.15, 0.2) is 36.4 Å². The molecule has 2 aromatic carbocycles. The molecule has 0 saturated heterocycles. The molecule has 0 heterocycles. The molecule has 0 amide bonds. The molecule has 0 aliphatic rings. The molecule has 5 heteroatoms. The Kier molecular flexibility index (Phi) is 4.05. The molecule has 112 valence electrons. The zero-order valence-corrected chi connectivity index (χ0v) is 11.5. The third kappa shape index (κ3) is 3.24. The van der Waals surface area contributed by atoms with Crippen LogP contribution in [-0.4, -0.2) is 5.11 Å². The minimum Gasteiger partial charge on any atom is -0.384 e. The molecule has 1 atom stereocenters. The van der Waals surface area contributed by atoms with Crippen molar-refractivity contribution in [2.75, 3.05) is 0 Å². The molecule has 0 spiro atoms. The predicted molar refractivity (Wildman–Crippen MR) is 71.4 cm³/mol. The first kappa shape index (κ1) is 15.5. The minimum absolute atomic E-state index is 0.0902. The molecule has 1 unspecified atom stereocenters. The molecule has 2 aromatic rings. The molecule has 0 radical (unpaired) electrons. The van der Waals surface area contributed by atoms with Crippen LogP contribution >= 0.6 is 0 Å². The second-order valence-electron chi connectivity index (χ2n) is 5.00. The third-order valence-corrected chi connectivity index (χ3v) is 3.33. The Balaban J connectivity index is 2.40. The maximum atomic E-state index is 13.6. The molecule has 0 aliphatic heterocycles. The zero-order chi connectivity index (χ0) is 15.8. The van der Waals surface area contributed by atoms with Crippen LogP contribution in [0.25, 0.3) is 0 Å². The molecule has 1 N–H and O–H groups in total. The number of halogens is 4. The normalized spacial score (nSPS) is 13.3. The van der Waals surface area contributed by atoms with E-state index in [-0.39, 0.29) is 5.56 Å². The van der Waals surface area contributed by atoms with E-state index in [4.69, 9.17) is 0 Å². The number of aryl methyl sites for hydroxylation is 2. The van der Waals surface area contributed by atoms with E-state index in [2.05, 4.69) is 0 Å². The number of hydrogen-bond donors (Lipinski definition) is 1. The highest BCUT2D eigenvalue weighted by Crippen LogP contribution is 2.33. The molecular weight excluding hydrogens is 284 g/mol. The van der Waals surface area contributed by atoms with Crippen molar-refractivity contribution in [2.45, 2.75) is 26.1 Å². The van der Waals surface area contributed by atoms with Gasteiger partial charge < -0.3 is 5.11 Å². The lowest BCUT2D eigenvalue weighted by Crippen LogP contribution is -2.10. The number of aliphatic hydroxyl groups is 1. The van der Waals surface area contributed by atoms with Gasteiger partial charge in [-0.05, 0) is 42.7 Å². The van der Waals surface area contributed by atoms with Crippen molar-refractivity contribution in [1.82, 2.24) is 0 Å². The maximum Gasteiger partial charge on any atom is 0.419 e. The lowest BCUT2D eigenvalue weighted by molar-refractivity contribution is -0.140. The maximum absolute atomic E-state index is 13.6. The van der Waals surface area contributed by atoms with Crippen molar-refractivity contribution in [1.29, 1.82) is 0 Å². The van der Waals surface area contributed by atoms with E-state index in [1.54, 1.807) is 19.1 Å². The van der Waals surface area contributed by atoms with E-state index >= 15 is 0 Å². The van der Waals surface area contributed by atoms with Gasteiger partial charge in [-0.2, -0.15) is 13.2 Å². The Morgan fingerprint density at radius 2 is 1.67 bits per heavy atom. The van der Waals surface area contributed by atoms with Crippen LogP contribution in [0.5, 0.6) is 0 Å². The average molecular weight is 298 g/mol. The number of hydrogen-bond acceptors (Lipinski definition) is 1. The Labute approximate surface area is 119 Å². The Bertz CT molecular complexity index is 662. The monoisotopic (exact) mass is 298 g/mol. The van der Waals surface area contributed by atoms with Gasteiger partial charge in [-0.1, -0.05) is 29.8 Å². The van der Waals surface area contributed by atoms with Crippen LogP contribution in [0.4, 0.5) is 17.6 Å². The quantitative estimate of drug-likeness (QED) is 0.807. The van der Waals surface area contributed by atoms with Crippen molar-refractivity contribution in [3.05, 3.63) is 70.0 Å². The van der Waals surface area contributed by atoms with E-state index in [9.17, 15) is 22.7 Å². The van der Waals surface area contributed by atoms with Crippen LogP contribution in [0.2, 0.25) is 0 Å². The first-order valence-electron chi connectivity index (χ1n) is 6.32. The summed E-state index contributed by atoms with van der Waals surface area (Å²) in [5.41, 5.74) is 1.09. The zero-order valence-electron chi connectivity index (χ0n) is 11.5. The lowest BCUT2D eigenvalue weighted by Gasteiger charge is -2.16. The summed E-state index contributed by atoms with van der Waals surface area (Å²) in [6.07, 6.45) is -5.91. The summed E-state index contributed by atoms with van der Waals surface area (Å²) in [6, 6.07) is 7.79. The fourth-order valence-corrected chi connectivity index (χ4v) is 2.24. The van der Waals surface area contributed by atoms with Gasteiger partial charge in [0.25, 0.3) is 0 Å². The number of benzene rings is 2. The van der Waals surface area contributed by atoms with Gasteiger partial charge in [0, 0.05) is 0 Å². The van der Waals surface area contributed by atoms with Gasteiger partial charge in [0.15, 0.2) is 0 Å². The van der Waals surface area contributed by atoms with Gasteiger partial charge in [0.1, 0.15) is 11.9 Å². The van der Waals surface area contributed by atoms with E-state index in [0.717, 1.165) is 23.3 Å². The number of aliphatic hydroxyl groups excluding tert-OH is 1. The summed E-state index contributed by atoms with van der Waals surface area (Å²) in [4.78, 5) is 0. The fraction of sp³-hybridized carbons (Fsp3) is 0.250. The summed E-state index contributed by atoms with van der Waals surface area (Å²) < 4.78 is 51.1. The van der Waals surface area contributed by atoms with Gasteiger partial charge >= 0.3 is 6.18 Å². The van der Waals surface area contributed by atoms with E-state index in [1.165, 1.54) is 0 Å². The Morgan fingerprint density at radius 1 is 1.00 bits per heavy atom. The van der Waals surface area contributed by atoms with Crippen LogP contribution in [0, 0.1) is 19.7 Å². The van der Waals surface area contributed by atoms with Crippen LogP contribution < -0.4 is 0 Å². The molecule has 2 rings (SSSR count). The van der Waals surface area contributed by atoms with Crippen molar-refractivity contribution >= 4 is 0 Å². The van der Waals surface area contributed by atoms with Crippen molar-refractivity contribution in [3.8, 4) is 0 Å². The molecule has 0 aromatic heterocycles. The SMILES string of the molecule is Cc1ccc(C(O)c2ccc(C(F)(F)F)c(F)c2)c(C)c1. The fourth-order valence-electron chi connectivity index (χ4n) is 2.24. The van der Waals surface area contributed by atoms with Crippen molar-refractivity contribution in [3.63, 3.8) is 0 Å². The van der Waals surface area contributed by atoms with Crippen LogP contribution in [-0.2, 0) is 6.18 Å². The highest BCUT2D eigenvalue weighted by molar-refractivity contribution is 5.38. The predicted octanol–water partition coefficient (Wildman–Crippen LogP) is 4.54. The summed E-state index contributed by atoms with van der Waals surface area (Å²) in [5, 5.41) is 10.2. The smallest absolute Gasteiger partial charge is 0.384 e. The Morgan fingerprint density at radius 3 is 2.19 bits per heavy atom. The second kappa shape index (κ2) is 5.48. The van der Waals surface area contributed by atoms with Crippen molar-refractivity contribution in [2.24, 2.45) is 0 Å². The summed E-state index contributed by atoms with van der Waals surface area (Å²) in [6.45, 7) is 3.67. The average Bonchev–Trinajstić information content (AvgIpc) is 2.36. The number of alkyl halides is 3. The van der Waals surface area contributed by atoms with E-state index < -0.39 is 23.7 Å². The highest BCUT2D eigenvalue weighted by atomic mass is 19.4. The summed E-state index contributed by atoms with van der Waals surface area (Å²) in [7, 11) is 0. The standard InChI is InChI=1S/C16H14F4O/c1-9-3-5-12(10(2)7-9)15(21)11-4-6-13(14(17)8-11)16(18,19)20/h3-8,15,21H,1-2H3. The van der Waals surface area contributed by atoms with Crippen LogP contribution in [0.3, 0.4) is 0 Å². The molecule has 1 nitrogen and oxygen atoms in total. The van der Waals surface area contributed by atoms with Gasteiger partial charge in [-0.3, -0.25) is 0 Å². The highest BCUT2D eigenvalue weighted by Gasteiger charge is 2.34. The summed E-state index contributed by atoms with van der Waals surface area (Å²) in [5.74, 6) is -1.39. The Hall–Kier alpha value is -1.88. The molecule has 21 heavy (non-hydrogen) atoms. The van der Waals surface area contributed by atoms with E-state index in [1.807, 2.05) is 13.0 Å². The van der Waals surface area contributed by atoms with E-state index in [0.29, 0.717) is 11.6 Å². The molecule has 0 fully saturated rings. The number of rotatable bonds is 2. The molecule has 0 aliphatic carbocycles. The van der Waals surface area contributed by atoms with Gasteiger partial charge in [0.05, 0.1) is 5.56 Å². The van der Waals surface area contributed by atoms with Gasteiger partial charge in [-0.15, -0.1) is 0 Å². The van der Waals surface area contributed by atoms with Gasteiger partial charge in [-0.25, -0.2) is 4.39 Å². The van der Waals surface area contributed by atoms with Crippen molar-refractivity contribution < 1.29 is 22.7 Å². The van der Waals surface area contributed by atoms with Gasteiger partial charge in [0.2, 0.25) is 0 Å². The first-order valence-corrected chi connectivity index (χ1v) is 6.32. The third-order valence-electron chi connectivity index (χ3n) is 3.33. The molecular formula is C16H14F4O. The minimum atomic E-state index is -4.74. The lowest BCUT2D eigenvalue weighted by atomic mass is 9.95. The molecule has 0 saturated carbocycles. The largest absolute Gasteiger partial charge is 0.419 e.